The quantitative estimate of drug-likeness (QED) is 0.587. The summed E-state index contributed by atoms with van der Waals surface area (Å²) < 4.78 is 15.3. The van der Waals surface area contributed by atoms with E-state index in [0.717, 1.165) is 46.7 Å². The first kappa shape index (κ1) is 23.3. The van der Waals surface area contributed by atoms with Crippen molar-refractivity contribution in [2.24, 2.45) is 5.41 Å². The SMILES string of the molecule is Cc1ccc(CC(C)(C)C(=O)Nc2cccnc2)cc1CN1CCCc2ncccc2S1=O. The highest BCUT2D eigenvalue weighted by Gasteiger charge is 2.29. The summed E-state index contributed by atoms with van der Waals surface area (Å²) in [6, 6.07) is 13.7. The molecule has 0 radical (unpaired) electrons. The van der Waals surface area contributed by atoms with E-state index in [1.165, 1.54) is 0 Å². The number of aryl methyl sites for hydroxylation is 2. The number of hydrogen-bond donors (Lipinski definition) is 1. The number of benzene rings is 1. The summed E-state index contributed by atoms with van der Waals surface area (Å²) in [6.45, 7) is 7.34. The van der Waals surface area contributed by atoms with E-state index < -0.39 is 16.4 Å². The molecule has 33 heavy (non-hydrogen) atoms. The van der Waals surface area contributed by atoms with Gasteiger partial charge in [0.2, 0.25) is 5.91 Å². The largest absolute Gasteiger partial charge is 0.324 e. The highest BCUT2D eigenvalue weighted by atomic mass is 32.2. The number of rotatable bonds is 6. The first-order valence-corrected chi connectivity index (χ1v) is 12.3. The maximum atomic E-state index is 13.3. The van der Waals surface area contributed by atoms with Crippen molar-refractivity contribution >= 4 is 22.6 Å². The molecule has 1 aliphatic rings. The first-order valence-electron chi connectivity index (χ1n) is 11.2. The fourth-order valence-electron chi connectivity index (χ4n) is 4.08. The molecule has 1 amide bonds. The standard InChI is InChI=1S/C26H30N4O2S/c1-19-10-11-20(16-26(2,3)25(31)29-22-7-4-12-27-17-22)15-21(19)18-30-14-6-8-23-24(33(30)32)9-5-13-28-23/h4-5,7,9-13,15,17H,6,8,14,16,18H2,1-3H3,(H,29,31). The molecular weight excluding hydrogens is 432 g/mol. The lowest BCUT2D eigenvalue weighted by molar-refractivity contribution is -0.123. The molecule has 2 aromatic heterocycles. The van der Waals surface area contributed by atoms with Crippen molar-refractivity contribution < 1.29 is 9.00 Å². The van der Waals surface area contributed by atoms with E-state index in [4.69, 9.17) is 0 Å². The number of nitrogens with one attached hydrogen (secondary N) is 1. The Kier molecular flexibility index (Phi) is 7.00. The number of anilines is 1. The smallest absolute Gasteiger partial charge is 0.230 e. The molecule has 6 nitrogen and oxygen atoms in total. The van der Waals surface area contributed by atoms with Crippen LogP contribution in [0.5, 0.6) is 0 Å². The van der Waals surface area contributed by atoms with Gasteiger partial charge in [-0.2, -0.15) is 0 Å². The zero-order chi connectivity index (χ0) is 23.4. The van der Waals surface area contributed by atoms with E-state index in [2.05, 4.69) is 40.4 Å². The molecule has 0 saturated heterocycles. The first-order chi connectivity index (χ1) is 15.8. The van der Waals surface area contributed by atoms with Crippen LogP contribution >= 0.6 is 0 Å². The highest BCUT2D eigenvalue weighted by molar-refractivity contribution is 7.82. The van der Waals surface area contributed by atoms with E-state index in [0.29, 0.717) is 18.7 Å². The molecule has 1 aromatic carbocycles. The second-order valence-electron chi connectivity index (χ2n) is 9.18. The molecule has 1 aliphatic heterocycles. The molecule has 4 rings (SSSR count). The third-order valence-corrected chi connectivity index (χ3v) is 7.56. The molecule has 0 bridgehead atoms. The lowest BCUT2D eigenvalue weighted by Crippen LogP contribution is -2.33. The Morgan fingerprint density at radius 3 is 2.79 bits per heavy atom. The van der Waals surface area contributed by atoms with Gasteiger partial charge in [-0.05, 0) is 67.1 Å². The third kappa shape index (κ3) is 5.54. The lowest BCUT2D eigenvalue weighted by Gasteiger charge is -2.25. The number of nitrogens with zero attached hydrogens (tertiary/aromatic N) is 3. The normalized spacial score (nSPS) is 16.6. The van der Waals surface area contributed by atoms with Gasteiger partial charge < -0.3 is 5.32 Å². The molecule has 0 aliphatic carbocycles. The van der Waals surface area contributed by atoms with Gasteiger partial charge in [-0.15, -0.1) is 0 Å². The van der Waals surface area contributed by atoms with Crippen LogP contribution in [-0.4, -0.2) is 30.9 Å². The lowest BCUT2D eigenvalue weighted by atomic mass is 9.84. The second kappa shape index (κ2) is 9.93. The van der Waals surface area contributed by atoms with Gasteiger partial charge in [0.25, 0.3) is 0 Å². The average Bonchev–Trinajstić information content (AvgIpc) is 2.95. The fraction of sp³-hybridized carbons (Fsp3) is 0.346. The third-order valence-electron chi connectivity index (χ3n) is 6.03. The molecule has 1 unspecified atom stereocenters. The molecule has 172 valence electrons. The van der Waals surface area contributed by atoms with Gasteiger partial charge in [0.15, 0.2) is 0 Å². The van der Waals surface area contributed by atoms with Gasteiger partial charge in [-0.1, -0.05) is 32.0 Å². The van der Waals surface area contributed by atoms with Crippen LogP contribution in [-0.2, 0) is 35.2 Å². The van der Waals surface area contributed by atoms with Gasteiger partial charge in [-0.25, -0.2) is 8.51 Å². The Morgan fingerprint density at radius 1 is 1.18 bits per heavy atom. The molecule has 1 N–H and O–H groups in total. The van der Waals surface area contributed by atoms with E-state index in [1.54, 1.807) is 24.7 Å². The van der Waals surface area contributed by atoms with Crippen molar-refractivity contribution in [3.8, 4) is 0 Å². The molecule has 0 saturated carbocycles. The van der Waals surface area contributed by atoms with Crippen LogP contribution in [0.4, 0.5) is 5.69 Å². The maximum absolute atomic E-state index is 13.3. The molecule has 3 heterocycles. The van der Waals surface area contributed by atoms with Gasteiger partial charge in [0, 0.05) is 30.9 Å². The van der Waals surface area contributed by atoms with Crippen LogP contribution in [0.15, 0.2) is 66.0 Å². The minimum atomic E-state index is -1.23. The number of fused-ring (bicyclic) bond motifs is 1. The van der Waals surface area contributed by atoms with E-state index >= 15 is 0 Å². The maximum Gasteiger partial charge on any atom is 0.230 e. The van der Waals surface area contributed by atoms with Crippen molar-refractivity contribution in [3.05, 3.63) is 83.4 Å². The summed E-state index contributed by atoms with van der Waals surface area (Å²) in [7, 11) is -1.23. The van der Waals surface area contributed by atoms with Crippen LogP contribution in [0.2, 0.25) is 0 Å². The van der Waals surface area contributed by atoms with Crippen LogP contribution in [0, 0.1) is 12.3 Å². The van der Waals surface area contributed by atoms with Crippen molar-refractivity contribution in [3.63, 3.8) is 0 Å². The predicted molar refractivity (Wildman–Crippen MR) is 131 cm³/mol. The Hall–Kier alpha value is -2.90. The van der Waals surface area contributed by atoms with Gasteiger partial charge in [0.05, 0.1) is 22.5 Å². The summed E-state index contributed by atoms with van der Waals surface area (Å²) in [6.07, 6.45) is 7.47. The second-order valence-corrected chi connectivity index (χ2v) is 10.6. The number of hydrogen-bond acceptors (Lipinski definition) is 4. The topological polar surface area (TPSA) is 75.2 Å². The average molecular weight is 463 g/mol. The summed E-state index contributed by atoms with van der Waals surface area (Å²) in [5, 5.41) is 2.96. The van der Waals surface area contributed by atoms with Gasteiger partial charge >= 0.3 is 0 Å². The fourth-order valence-corrected chi connectivity index (χ4v) is 5.46. The Bertz CT molecular complexity index is 1160. The van der Waals surface area contributed by atoms with Crippen molar-refractivity contribution in [2.45, 2.75) is 51.5 Å². The molecule has 3 aromatic rings. The Morgan fingerprint density at radius 2 is 2.00 bits per heavy atom. The molecule has 0 spiro atoms. The van der Waals surface area contributed by atoms with Crippen LogP contribution < -0.4 is 5.32 Å². The number of carbonyl (C=O) groups is 1. The molecule has 1 atom stereocenters. The van der Waals surface area contributed by atoms with Crippen molar-refractivity contribution in [1.29, 1.82) is 0 Å². The van der Waals surface area contributed by atoms with Crippen LogP contribution in [0.25, 0.3) is 0 Å². The van der Waals surface area contributed by atoms with Gasteiger partial charge in [0.1, 0.15) is 11.0 Å². The predicted octanol–water partition coefficient (Wildman–Crippen LogP) is 4.46. The molecule has 7 heteroatoms. The minimum absolute atomic E-state index is 0.0460. The van der Waals surface area contributed by atoms with E-state index in [-0.39, 0.29) is 5.91 Å². The monoisotopic (exact) mass is 462 g/mol. The minimum Gasteiger partial charge on any atom is -0.324 e. The van der Waals surface area contributed by atoms with Crippen LogP contribution in [0.1, 0.15) is 42.7 Å². The van der Waals surface area contributed by atoms with Gasteiger partial charge in [-0.3, -0.25) is 14.8 Å². The zero-order valence-electron chi connectivity index (χ0n) is 19.4. The van der Waals surface area contributed by atoms with E-state index in [9.17, 15) is 9.00 Å². The Labute approximate surface area is 198 Å². The summed E-state index contributed by atoms with van der Waals surface area (Å²) in [5.41, 5.74) is 4.41. The van der Waals surface area contributed by atoms with Crippen molar-refractivity contribution in [1.82, 2.24) is 14.3 Å². The van der Waals surface area contributed by atoms with Crippen LogP contribution in [0.3, 0.4) is 0 Å². The number of aromatic nitrogens is 2. The highest BCUT2D eigenvalue weighted by Crippen LogP contribution is 2.27. The molecular formula is C26H30N4O2S. The zero-order valence-corrected chi connectivity index (χ0v) is 20.2. The number of carbonyl (C=O) groups excluding carboxylic acids is 1. The Balaban J connectivity index is 1.50. The summed E-state index contributed by atoms with van der Waals surface area (Å²) in [4.78, 5) is 22.2. The number of pyridine rings is 2. The molecule has 0 fully saturated rings. The number of amides is 1. The summed E-state index contributed by atoms with van der Waals surface area (Å²) >= 11 is 0. The van der Waals surface area contributed by atoms with E-state index in [1.807, 2.05) is 36.4 Å². The van der Waals surface area contributed by atoms with Crippen molar-refractivity contribution in [2.75, 3.05) is 11.9 Å². The summed E-state index contributed by atoms with van der Waals surface area (Å²) in [5.74, 6) is -0.0460.